The van der Waals surface area contributed by atoms with Gasteiger partial charge in [-0.25, -0.2) is 4.98 Å². The zero-order chi connectivity index (χ0) is 15.0. The smallest absolute Gasteiger partial charge is 0.313 e. The molecule has 0 radical (unpaired) electrons. The van der Waals surface area contributed by atoms with E-state index in [1.165, 1.54) is 30.3 Å². The van der Waals surface area contributed by atoms with Gasteiger partial charge in [-0.05, 0) is 19.1 Å². The second kappa shape index (κ2) is 5.64. The topological polar surface area (TPSA) is 55.1 Å². The number of carboxylic acids is 1. The Hall–Kier alpha value is -0.620. The Labute approximate surface area is 128 Å². The predicted octanol–water partition coefficient (Wildman–Crippen LogP) is 3.25. The summed E-state index contributed by atoms with van der Waals surface area (Å²) >= 11 is 3.23. The fourth-order valence-electron chi connectivity index (χ4n) is 2.21. The molecule has 0 spiro atoms. The van der Waals surface area contributed by atoms with Crippen LogP contribution < -0.4 is 0 Å². The molecule has 112 valence electrons. The summed E-state index contributed by atoms with van der Waals surface area (Å²) in [6.45, 7) is 7.45. The molecular formula is C14H22N2O2S2. The van der Waals surface area contributed by atoms with Gasteiger partial charge < -0.3 is 9.67 Å². The molecular weight excluding hydrogens is 292 g/mol. The Morgan fingerprint density at radius 3 is 2.60 bits per heavy atom. The van der Waals surface area contributed by atoms with Crippen molar-refractivity contribution < 1.29 is 9.90 Å². The van der Waals surface area contributed by atoms with E-state index in [1.54, 1.807) is 0 Å². The molecule has 0 unspecified atom stereocenters. The molecule has 1 aliphatic rings. The summed E-state index contributed by atoms with van der Waals surface area (Å²) in [5.74, 6) is -0.736. The number of thioether (sulfide) groups is 2. The molecule has 0 atom stereocenters. The lowest BCUT2D eigenvalue weighted by Crippen LogP contribution is -2.23. The van der Waals surface area contributed by atoms with E-state index in [4.69, 9.17) is 5.11 Å². The molecule has 1 saturated carbocycles. The number of rotatable bonds is 6. The van der Waals surface area contributed by atoms with Crippen molar-refractivity contribution in [3.63, 3.8) is 0 Å². The highest BCUT2D eigenvalue weighted by Crippen LogP contribution is 2.49. The van der Waals surface area contributed by atoms with Gasteiger partial charge in [-0.2, -0.15) is 11.8 Å². The van der Waals surface area contributed by atoms with Crippen LogP contribution in [0.2, 0.25) is 0 Å². The fraction of sp³-hybridized carbons (Fsp3) is 0.714. The van der Waals surface area contributed by atoms with E-state index in [9.17, 15) is 4.79 Å². The van der Waals surface area contributed by atoms with Gasteiger partial charge in [0.15, 0.2) is 5.16 Å². The van der Waals surface area contributed by atoms with Crippen molar-refractivity contribution >= 4 is 29.5 Å². The van der Waals surface area contributed by atoms with Crippen LogP contribution >= 0.6 is 23.5 Å². The molecule has 2 rings (SSSR count). The Balaban J connectivity index is 2.27. The van der Waals surface area contributed by atoms with Gasteiger partial charge in [0.2, 0.25) is 0 Å². The van der Waals surface area contributed by atoms with E-state index in [-0.39, 0.29) is 11.2 Å². The standard InChI is InChI=1S/C14H22N2O2S2/c1-13(2,3)10-7-15-12(20-8-11(17)18)16(10)9-14(19-4)5-6-14/h7H,5-6,8-9H2,1-4H3,(H,17,18). The number of aromatic nitrogens is 2. The van der Waals surface area contributed by atoms with Crippen LogP contribution in [0.3, 0.4) is 0 Å². The average Bonchev–Trinajstić information content (AvgIpc) is 2.99. The van der Waals surface area contributed by atoms with E-state index < -0.39 is 5.97 Å². The third-order valence-electron chi connectivity index (χ3n) is 3.60. The van der Waals surface area contributed by atoms with Gasteiger partial charge in [0.1, 0.15) is 0 Å². The van der Waals surface area contributed by atoms with Crippen LogP contribution in [0.4, 0.5) is 0 Å². The number of imidazole rings is 1. The minimum Gasteiger partial charge on any atom is -0.481 e. The molecule has 1 N–H and O–H groups in total. The molecule has 1 fully saturated rings. The quantitative estimate of drug-likeness (QED) is 0.817. The van der Waals surface area contributed by atoms with Crippen molar-refractivity contribution in [2.45, 2.75) is 55.5 Å². The maximum absolute atomic E-state index is 10.8. The zero-order valence-electron chi connectivity index (χ0n) is 12.5. The normalized spacial score (nSPS) is 17.2. The van der Waals surface area contributed by atoms with Crippen molar-refractivity contribution in [2.75, 3.05) is 12.0 Å². The molecule has 1 aliphatic carbocycles. The van der Waals surface area contributed by atoms with Crippen LogP contribution in [-0.2, 0) is 16.8 Å². The number of nitrogens with zero attached hydrogens (tertiary/aromatic N) is 2. The molecule has 4 nitrogen and oxygen atoms in total. The molecule has 6 heteroatoms. The minimum absolute atomic E-state index is 0.0174. The van der Waals surface area contributed by atoms with Crippen LogP contribution in [-0.4, -0.2) is 37.4 Å². The van der Waals surface area contributed by atoms with E-state index in [0.717, 1.165) is 11.7 Å². The molecule has 1 heterocycles. The van der Waals surface area contributed by atoms with Crippen molar-refractivity contribution in [1.82, 2.24) is 9.55 Å². The number of aliphatic carboxylic acids is 1. The molecule has 20 heavy (non-hydrogen) atoms. The highest BCUT2D eigenvalue weighted by atomic mass is 32.2. The number of hydrogen-bond donors (Lipinski definition) is 1. The number of hydrogen-bond acceptors (Lipinski definition) is 4. The molecule has 1 aromatic heterocycles. The third-order valence-corrected chi connectivity index (χ3v) is 5.98. The van der Waals surface area contributed by atoms with E-state index in [0.29, 0.717) is 4.75 Å². The molecule has 0 bridgehead atoms. The number of carboxylic acid groups (broad SMARTS) is 1. The highest BCUT2D eigenvalue weighted by molar-refractivity contribution is 8.00. The molecule has 0 saturated heterocycles. The minimum atomic E-state index is -0.798. The van der Waals surface area contributed by atoms with Gasteiger partial charge >= 0.3 is 5.97 Å². The summed E-state index contributed by atoms with van der Waals surface area (Å²) < 4.78 is 2.57. The first-order valence-electron chi connectivity index (χ1n) is 6.73. The van der Waals surface area contributed by atoms with Crippen LogP contribution in [0.25, 0.3) is 0 Å². The summed E-state index contributed by atoms with van der Waals surface area (Å²) in [6.07, 6.45) is 6.53. The van der Waals surface area contributed by atoms with Crippen LogP contribution in [0.1, 0.15) is 39.3 Å². The van der Waals surface area contributed by atoms with E-state index >= 15 is 0 Å². The maximum atomic E-state index is 10.8. The fourth-order valence-corrected chi connectivity index (χ4v) is 3.67. The van der Waals surface area contributed by atoms with Crippen LogP contribution in [0, 0.1) is 0 Å². The second-order valence-electron chi connectivity index (χ2n) is 6.33. The maximum Gasteiger partial charge on any atom is 0.313 e. The Bertz CT molecular complexity index is 502. The van der Waals surface area contributed by atoms with Gasteiger partial charge in [0.05, 0.1) is 5.75 Å². The first-order valence-corrected chi connectivity index (χ1v) is 8.94. The van der Waals surface area contributed by atoms with E-state index in [2.05, 4.69) is 36.6 Å². The molecule has 1 aromatic rings. The Kier molecular flexibility index (Phi) is 4.44. The largest absolute Gasteiger partial charge is 0.481 e. The lowest BCUT2D eigenvalue weighted by atomic mass is 9.92. The third kappa shape index (κ3) is 3.52. The predicted molar refractivity (Wildman–Crippen MR) is 84.8 cm³/mol. The Morgan fingerprint density at radius 2 is 2.15 bits per heavy atom. The molecule has 0 amide bonds. The van der Waals surface area contributed by atoms with Gasteiger partial charge in [0, 0.05) is 28.6 Å². The summed E-state index contributed by atoms with van der Waals surface area (Å²) in [4.78, 5) is 15.2. The van der Waals surface area contributed by atoms with Gasteiger partial charge in [-0.1, -0.05) is 32.5 Å². The second-order valence-corrected chi connectivity index (χ2v) is 8.55. The Morgan fingerprint density at radius 1 is 1.50 bits per heavy atom. The van der Waals surface area contributed by atoms with Crippen molar-refractivity contribution in [3.05, 3.63) is 11.9 Å². The van der Waals surface area contributed by atoms with Gasteiger partial charge in [-0.15, -0.1) is 0 Å². The molecule has 0 aromatic carbocycles. The summed E-state index contributed by atoms with van der Waals surface area (Å²) in [5.41, 5.74) is 1.20. The van der Waals surface area contributed by atoms with Crippen molar-refractivity contribution in [2.24, 2.45) is 0 Å². The van der Waals surface area contributed by atoms with E-state index in [1.807, 2.05) is 18.0 Å². The zero-order valence-corrected chi connectivity index (χ0v) is 14.1. The summed E-state index contributed by atoms with van der Waals surface area (Å²) in [5, 5.41) is 9.69. The first-order chi connectivity index (χ1) is 9.27. The van der Waals surface area contributed by atoms with Crippen LogP contribution in [0.15, 0.2) is 11.4 Å². The first kappa shape index (κ1) is 15.8. The SMILES string of the molecule is CSC1(Cn2c(C(C)(C)C)cnc2SCC(=O)O)CC1. The van der Waals surface area contributed by atoms with Crippen molar-refractivity contribution in [1.29, 1.82) is 0 Å². The van der Waals surface area contributed by atoms with Gasteiger partial charge in [0.25, 0.3) is 0 Å². The number of carbonyl (C=O) groups is 1. The van der Waals surface area contributed by atoms with Crippen LogP contribution in [0.5, 0.6) is 0 Å². The highest BCUT2D eigenvalue weighted by Gasteiger charge is 2.43. The lowest BCUT2D eigenvalue weighted by molar-refractivity contribution is -0.133. The van der Waals surface area contributed by atoms with Gasteiger partial charge in [-0.3, -0.25) is 4.79 Å². The summed E-state index contributed by atoms with van der Waals surface area (Å²) in [7, 11) is 0. The van der Waals surface area contributed by atoms with Crippen molar-refractivity contribution in [3.8, 4) is 0 Å². The summed E-state index contributed by atoms with van der Waals surface area (Å²) in [6, 6.07) is 0. The monoisotopic (exact) mass is 314 g/mol. The lowest BCUT2D eigenvalue weighted by Gasteiger charge is -2.24. The molecule has 0 aliphatic heterocycles. The average molecular weight is 314 g/mol.